The van der Waals surface area contributed by atoms with Crippen LogP contribution in [0.15, 0.2) is 0 Å². The number of rotatable bonds is 9. The first-order valence-corrected chi connectivity index (χ1v) is 9.40. The SMILES string of the molecule is C(CCCCN1CCCCC1)CCCN1CCCCC1. The molecule has 118 valence electrons. The van der Waals surface area contributed by atoms with Crippen molar-refractivity contribution in [1.82, 2.24) is 9.80 Å². The van der Waals surface area contributed by atoms with Gasteiger partial charge in [-0.15, -0.1) is 0 Å². The molecule has 2 aliphatic heterocycles. The molecule has 2 aliphatic rings. The van der Waals surface area contributed by atoms with Crippen molar-refractivity contribution in [2.24, 2.45) is 0 Å². The normalized spacial score (nSPS) is 22.2. The molecule has 20 heavy (non-hydrogen) atoms. The fourth-order valence-corrected chi connectivity index (χ4v) is 3.74. The third-order valence-corrected chi connectivity index (χ3v) is 5.10. The molecule has 2 saturated heterocycles. The summed E-state index contributed by atoms with van der Waals surface area (Å²) >= 11 is 0. The molecule has 0 spiro atoms. The smallest absolute Gasteiger partial charge is 0.00187 e. The second-order valence-electron chi connectivity index (χ2n) is 6.93. The van der Waals surface area contributed by atoms with Crippen molar-refractivity contribution in [3.63, 3.8) is 0 Å². The Bertz CT molecular complexity index is 193. The van der Waals surface area contributed by atoms with Gasteiger partial charge in [0.2, 0.25) is 0 Å². The van der Waals surface area contributed by atoms with Crippen LogP contribution in [-0.2, 0) is 0 Å². The highest BCUT2D eigenvalue weighted by molar-refractivity contribution is 4.65. The maximum atomic E-state index is 2.68. The average molecular weight is 280 g/mol. The fraction of sp³-hybridized carbons (Fsp3) is 1.00. The third-order valence-electron chi connectivity index (χ3n) is 5.10. The molecule has 2 heterocycles. The van der Waals surface area contributed by atoms with Crippen LogP contribution in [0.5, 0.6) is 0 Å². The van der Waals surface area contributed by atoms with E-state index in [1.807, 2.05) is 0 Å². The van der Waals surface area contributed by atoms with Crippen LogP contribution >= 0.6 is 0 Å². The molecule has 2 fully saturated rings. The van der Waals surface area contributed by atoms with E-state index in [1.165, 1.54) is 116 Å². The molecular weight excluding hydrogens is 244 g/mol. The number of likely N-dealkylation sites (tertiary alicyclic amines) is 2. The zero-order valence-electron chi connectivity index (χ0n) is 13.6. The Morgan fingerprint density at radius 1 is 0.400 bits per heavy atom. The van der Waals surface area contributed by atoms with Crippen molar-refractivity contribution >= 4 is 0 Å². The van der Waals surface area contributed by atoms with Gasteiger partial charge in [-0.25, -0.2) is 0 Å². The van der Waals surface area contributed by atoms with Gasteiger partial charge >= 0.3 is 0 Å². The van der Waals surface area contributed by atoms with Crippen molar-refractivity contribution in [3.8, 4) is 0 Å². The summed E-state index contributed by atoms with van der Waals surface area (Å²) in [6, 6.07) is 0. The van der Waals surface area contributed by atoms with E-state index in [1.54, 1.807) is 0 Å². The van der Waals surface area contributed by atoms with Gasteiger partial charge in [0.15, 0.2) is 0 Å². The van der Waals surface area contributed by atoms with Gasteiger partial charge in [0.1, 0.15) is 0 Å². The Hall–Kier alpha value is -0.0800. The molecule has 2 rings (SSSR count). The number of hydrogen-bond donors (Lipinski definition) is 0. The molecule has 0 bridgehead atoms. The summed E-state index contributed by atoms with van der Waals surface area (Å²) in [5, 5.41) is 0. The monoisotopic (exact) mass is 280 g/mol. The molecule has 2 nitrogen and oxygen atoms in total. The fourth-order valence-electron chi connectivity index (χ4n) is 3.74. The highest BCUT2D eigenvalue weighted by atomic mass is 15.1. The van der Waals surface area contributed by atoms with E-state index in [-0.39, 0.29) is 0 Å². The number of nitrogens with zero attached hydrogens (tertiary/aromatic N) is 2. The van der Waals surface area contributed by atoms with Crippen LogP contribution in [0.3, 0.4) is 0 Å². The first-order valence-electron chi connectivity index (χ1n) is 9.40. The van der Waals surface area contributed by atoms with E-state index >= 15 is 0 Å². The maximum absolute atomic E-state index is 2.68. The number of piperidine rings is 2. The summed E-state index contributed by atoms with van der Waals surface area (Å²) < 4.78 is 0. The van der Waals surface area contributed by atoms with E-state index in [0.29, 0.717) is 0 Å². The van der Waals surface area contributed by atoms with Crippen molar-refractivity contribution < 1.29 is 0 Å². The van der Waals surface area contributed by atoms with Gasteiger partial charge in [-0.1, -0.05) is 38.5 Å². The third kappa shape index (κ3) is 7.08. The molecule has 2 heteroatoms. The Morgan fingerprint density at radius 2 is 0.750 bits per heavy atom. The lowest BCUT2D eigenvalue weighted by Crippen LogP contribution is -2.30. The van der Waals surface area contributed by atoms with Crippen LogP contribution in [0, 0.1) is 0 Å². The van der Waals surface area contributed by atoms with Gasteiger partial charge in [0.05, 0.1) is 0 Å². The summed E-state index contributed by atoms with van der Waals surface area (Å²) in [4.78, 5) is 5.36. The Balaban J connectivity index is 1.33. The molecule has 0 N–H and O–H groups in total. The van der Waals surface area contributed by atoms with Crippen molar-refractivity contribution in [2.45, 2.75) is 77.0 Å². The maximum Gasteiger partial charge on any atom is -0.00187 e. The van der Waals surface area contributed by atoms with Gasteiger partial charge in [-0.3, -0.25) is 0 Å². The summed E-state index contributed by atoms with van der Waals surface area (Å²) in [6.07, 6.45) is 17.4. The van der Waals surface area contributed by atoms with E-state index in [0.717, 1.165) is 0 Å². The summed E-state index contributed by atoms with van der Waals surface area (Å²) in [5.41, 5.74) is 0. The molecule has 0 aliphatic carbocycles. The van der Waals surface area contributed by atoms with Gasteiger partial charge in [-0.05, 0) is 77.8 Å². The molecule has 0 unspecified atom stereocenters. The first-order chi connectivity index (χ1) is 9.95. The predicted octanol–water partition coefficient (Wildman–Crippen LogP) is 4.30. The minimum absolute atomic E-state index is 1.37. The van der Waals surface area contributed by atoms with Crippen LogP contribution in [0.2, 0.25) is 0 Å². The minimum Gasteiger partial charge on any atom is -0.303 e. The second kappa shape index (κ2) is 10.6. The Labute approximate surface area is 126 Å². The average Bonchev–Trinajstić information content (AvgIpc) is 2.52. The van der Waals surface area contributed by atoms with Crippen LogP contribution < -0.4 is 0 Å². The highest BCUT2D eigenvalue weighted by Gasteiger charge is 2.09. The van der Waals surface area contributed by atoms with E-state index in [9.17, 15) is 0 Å². The zero-order chi connectivity index (χ0) is 13.9. The van der Waals surface area contributed by atoms with Crippen molar-refractivity contribution in [3.05, 3.63) is 0 Å². The minimum atomic E-state index is 1.37. The van der Waals surface area contributed by atoms with Gasteiger partial charge in [-0.2, -0.15) is 0 Å². The molecule has 0 amide bonds. The van der Waals surface area contributed by atoms with Crippen molar-refractivity contribution in [1.29, 1.82) is 0 Å². The Kier molecular flexibility index (Phi) is 8.65. The zero-order valence-corrected chi connectivity index (χ0v) is 13.6. The van der Waals surface area contributed by atoms with Crippen LogP contribution in [0.1, 0.15) is 77.0 Å². The number of unbranched alkanes of at least 4 members (excludes halogenated alkanes) is 5. The first kappa shape index (κ1) is 16.3. The quantitative estimate of drug-likeness (QED) is 0.581. The standard InChI is InChI=1S/C18H36N2/c1(3-7-13-19-15-9-5-10-16-19)2-4-8-14-20-17-11-6-12-18-20/h1-18H2. The predicted molar refractivity (Wildman–Crippen MR) is 88.3 cm³/mol. The van der Waals surface area contributed by atoms with Crippen LogP contribution in [-0.4, -0.2) is 49.1 Å². The largest absolute Gasteiger partial charge is 0.303 e. The van der Waals surface area contributed by atoms with Gasteiger partial charge in [0, 0.05) is 0 Å². The highest BCUT2D eigenvalue weighted by Crippen LogP contribution is 2.13. The van der Waals surface area contributed by atoms with Crippen molar-refractivity contribution in [2.75, 3.05) is 39.3 Å². The lowest BCUT2D eigenvalue weighted by atomic mass is 10.1. The lowest BCUT2D eigenvalue weighted by molar-refractivity contribution is 0.221. The lowest BCUT2D eigenvalue weighted by Gasteiger charge is -2.26. The van der Waals surface area contributed by atoms with E-state index < -0.39 is 0 Å². The molecular formula is C18H36N2. The van der Waals surface area contributed by atoms with Crippen LogP contribution in [0.25, 0.3) is 0 Å². The second-order valence-corrected chi connectivity index (χ2v) is 6.93. The molecule has 0 radical (unpaired) electrons. The molecule has 0 atom stereocenters. The molecule has 0 aromatic heterocycles. The van der Waals surface area contributed by atoms with E-state index in [2.05, 4.69) is 9.80 Å². The van der Waals surface area contributed by atoms with E-state index in [4.69, 9.17) is 0 Å². The summed E-state index contributed by atoms with van der Waals surface area (Å²) in [5.74, 6) is 0. The molecule has 0 aromatic rings. The van der Waals surface area contributed by atoms with Gasteiger partial charge in [0.25, 0.3) is 0 Å². The summed E-state index contributed by atoms with van der Waals surface area (Å²) in [7, 11) is 0. The molecule has 0 saturated carbocycles. The Morgan fingerprint density at radius 3 is 1.15 bits per heavy atom. The molecule has 0 aromatic carbocycles. The topological polar surface area (TPSA) is 6.48 Å². The van der Waals surface area contributed by atoms with Crippen LogP contribution in [0.4, 0.5) is 0 Å². The summed E-state index contributed by atoms with van der Waals surface area (Å²) in [6.45, 7) is 8.22. The number of hydrogen-bond acceptors (Lipinski definition) is 2. The van der Waals surface area contributed by atoms with Gasteiger partial charge < -0.3 is 9.80 Å².